The van der Waals surface area contributed by atoms with Crippen LogP contribution in [-0.4, -0.2) is 20.0 Å². The fourth-order valence-corrected chi connectivity index (χ4v) is 1.93. The molecule has 0 fully saturated rings. The summed E-state index contributed by atoms with van der Waals surface area (Å²) in [7, 11) is 0. The molecule has 0 unspecified atom stereocenters. The average molecular weight is 252 g/mol. The van der Waals surface area contributed by atoms with Crippen molar-refractivity contribution in [3.63, 3.8) is 0 Å². The summed E-state index contributed by atoms with van der Waals surface area (Å²) in [6.45, 7) is 0. The Morgan fingerprint density at radius 1 is 0.895 bits per heavy atom. The lowest BCUT2D eigenvalue weighted by Crippen LogP contribution is -1.94. The van der Waals surface area contributed by atoms with Gasteiger partial charge in [-0.1, -0.05) is 18.2 Å². The van der Waals surface area contributed by atoms with Gasteiger partial charge >= 0.3 is 0 Å². The van der Waals surface area contributed by atoms with E-state index < -0.39 is 0 Å². The van der Waals surface area contributed by atoms with E-state index in [0.29, 0.717) is 11.3 Å². The van der Waals surface area contributed by atoms with Crippen LogP contribution in [0.5, 0.6) is 11.5 Å². The maximum Gasteiger partial charge on any atom is 0.128 e. The minimum absolute atomic E-state index is 0.0123. The lowest BCUT2D eigenvalue weighted by atomic mass is 10.1. The summed E-state index contributed by atoms with van der Waals surface area (Å²) in [6.07, 6.45) is 1.83. The second-order valence-corrected chi connectivity index (χ2v) is 4.18. The van der Waals surface area contributed by atoms with Crippen LogP contribution in [-0.2, 0) is 0 Å². The number of para-hydroxylation sites is 1. The van der Waals surface area contributed by atoms with Crippen LogP contribution in [0.25, 0.3) is 16.9 Å². The van der Waals surface area contributed by atoms with Crippen molar-refractivity contribution in [2.75, 3.05) is 0 Å². The van der Waals surface area contributed by atoms with Crippen molar-refractivity contribution in [1.29, 1.82) is 0 Å². The van der Waals surface area contributed by atoms with Gasteiger partial charge in [-0.05, 0) is 30.3 Å². The van der Waals surface area contributed by atoms with Crippen molar-refractivity contribution >= 4 is 0 Å². The highest BCUT2D eigenvalue weighted by Gasteiger charge is 2.08. The molecule has 4 nitrogen and oxygen atoms in total. The Balaban J connectivity index is 2.02. The molecule has 94 valence electrons. The third-order valence-corrected chi connectivity index (χ3v) is 2.87. The Bertz CT molecular complexity index is 705. The Hall–Kier alpha value is -2.75. The molecule has 0 aliphatic heterocycles. The van der Waals surface area contributed by atoms with Crippen molar-refractivity contribution in [3.8, 4) is 28.4 Å². The van der Waals surface area contributed by atoms with E-state index in [-0.39, 0.29) is 11.5 Å². The van der Waals surface area contributed by atoms with Crippen molar-refractivity contribution in [2.45, 2.75) is 0 Å². The molecule has 0 radical (unpaired) electrons. The van der Waals surface area contributed by atoms with Gasteiger partial charge in [0, 0.05) is 17.8 Å². The summed E-state index contributed by atoms with van der Waals surface area (Å²) in [6, 6.07) is 16.0. The number of phenols is 2. The fraction of sp³-hybridized carbons (Fsp3) is 0. The Kier molecular flexibility index (Phi) is 2.68. The number of rotatable bonds is 2. The van der Waals surface area contributed by atoms with Gasteiger partial charge in [-0.3, -0.25) is 0 Å². The van der Waals surface area contributed by atoms with Crippen molar-refractivity contribution in [1.82, 2.24) is 9.78 Å². The summed E-state index contributed by atoms with van der Waals surface area (Å²) in [5, 5.41) is 23.5. The van der Waals surface area contributed by atoms with Gasteiger partial charge in [-0.2, -0.15) is 5.10 Å². The van der Waals surface area contributed by atoms with E-state index in [9.17, 15) is 10.2 Å². The molecule has 0 bridgehead atoms. The van der Waals surface area contributed by atoms with Crippen LogP contribution in [0.2, 0.25) is 0 Å². The molecular formula is C15H12N2O2. The number of aromatic hydroxyl groups is 2. The third kappa shape index (κ3) is 2.15. The molecule has 0 spiro atoms. The topological polar surface area (TPSA) is 58.3 Å². The fourth-order valence-electron chi connectivity index (χ4n) is 1.93. The van der Waals surface area contributed by atoms with Crippen LogP contribution in [0.4, 0.5) is 0 Å². The predicted octanol–water partition coefficient (Wildman–Crippen LogP) is 2.95. The van der Waals surface area contributed by atoms with Crippen molar-refractivity contribution in [3.05, 3.63) is 60.8 Å². The smallest absolute Gasteiger partial charge is 0.128 e. The molecule has 3 rings (SSSR count). The molecule has 0 saturated heterocycles. The molecule has 4 heteroatoms. The van der Waals surface area contributed by atoms with E-state index in [2.05, 4.69) is 5.10 Å². The molecular weight excluding hydrogens is 240 g/mol. The monoisotopic (exact) mass is 252 g/mol. The molecule has 2 aromatic carbocycles. The Labute approximate surface area is 110 Å². The molecule has 0 atom stereocenters. The summed E-state index contributed by atoms with van der Waals surface area (Å²) in [5.74, 6) is 0.0436. The highest BCUT2D eigenvalue weighted by atomic mass is 16.3. The summed E-state index contributed by atoms with van der Waals surface area (Å²) in [5.41, 5.74) is 2.20. The zero-order chi connectivity index (χ0) is 13.2. The van der Waals surface area contributed by atoms with E-state index in [1.165, 1.54) is 12.1 Å². The molecule has 3 aromatic rings. The average Bonchev–Trinajstić information content (AvgIpc) is 2.89. The largest absolute Gasteiger partial charge is 0.508 e. The van der Waals surface area contributed by atoms with E-state index in [0.717, 1.165) is 5.69 Å². The zero-order valence-corrected chi connectivity index (χ0v) is 10.1. The Morgan fingerprint density at radius 2 is 1.68 bits per heavy atom. The van der Waals surface area contributed by atoms with Gasteiger partial charge in [0.2, 0.25) is 0 Å². The number of hydrogen-bond acceptors (Lipinski definition) is 3. The summed E-state index contributed by atoms with van der Waals surface area (Å²) in [4.78, 5) is 0. The maximum atomic E-state index is 9.82. The van der Waals surface area contributed by atoms with Crippen LogP contribution in [0, 0.1) is 0 Å². The minimum Gasteiger partial charge on any atom is -0.508 e. The first kappa shape index (κ1) is 11.3. The number of hydrogen-bond donors (Lipinski definition) is 2. The molecule has 1 aromatic heterocycles. The predicted molar refractivity (Wildman–Crippen MR) is 72.3 cm³/mol. The van der Waals surface area contributed by atoms with Crippen LogP contribution >= 0.6 is 0 Å². The van der Waals surface area contributed by atoms with Crippen LogP contribution < -0.4 is 0 Å². The SMILES string of the molecule is Oc1ccc(-c2ccn(-c3ccccc3)n2)c(O)c1. The van der Waals surface area contributed by atoms with Crippen LogP contribution in [0.15, 0.2) is 60.8 Å². The first-order chi connectivity index (χ1) is 9.24. The number of benzene rings is 2. The van der Waals surface area contributed by atoms with Gasteiger partial charge in [-0.15, -0.1) is 0 Å². The molecule has 1 heterocycles. The molecule has 0 amide bonds. The first-order valence-electron chi connectivity index (χ1n) is 5.87. The summed E-state index contributed by atoms with van der Waals surface area (Å²) >= 11 is 0. The van der Waals surface area contributed by atoms with Crippen LogP contribution in [0.3, 0.4) is 0 Å². The third-order valence-electron chi connectivity index (χ3n) is 2.87. The second-order valence-electron chi connectivity index (χ2n) is 4.18. The van der Waals surface area contributed by atoms with E-state index in [1.807, 2.05) is 42.6 Å². The van der Waals surface area contributed by atoms with Gasteiger partial charge in [-0.25, -0.2) is 4.68 Å². The van der Waals surface area contributed by atoms with Crippen LogP contribution in [0.1, 0.15) is 0 Å². The lowest BCUT2D eigenvalue weighted by molar-refractivity contribution is 0.451. The molecule has 2 N–H and O–H groups in total. The number of nitrogens with zero attached hydrogens (tertiary/aromatic N) is 2. The van der Waals surface area contributed by atoms with Gasteiger partial charge in [0.05, 0.1) is 11.4 Å². The zero-order valence-electron chi connectivity index (χ0n) is 10.1. The number of phenolic OH excluding ortho intramolecular Hbond substituents is 2. The Morgan fingerprint density at radius 3 is 2.42 bits per heavy atom. The van der Waals surface area contributed by atoms with E-state index in [4.69, 9.17) is 0 Å². The molecule has 19 heavy (non-hydrogen) atoms. The summed E-state index contributed by atoms with van der Waals surface area (Å²) < 4.78 is 1.74. The second kappa shape index (κ2) is 4.49. The van der Waals surface area contributed by atoms with Crippen molar-refractivity contribution < 1.29 is 10.2 Å². The quantitative estimate of drug-likeness (QED) is 0.737. The highest BCUT2D eigenvalue weighted by Crippen LogP contribution is 2.31. The molecule has 0 saturated carbocycles. The van der Waals surface area contributed by atoms with Gasteiger partial charge in [0.25, 0.3) is 0 Å². The molecule has 0 aliphatic carbocycles. The first-order valence-corrected chi connectivity index (χ1v) is 5.87. The van der Waals surface area contributed by atoms with Gasteiger partial charge in [0.1, 0.15) is 11.5 Å². The van der Waals surface area contributed by atoms with Gasteiger partial charge < -0.3 is 10.2 Å². The van der Waals surface area contributed by atoms with Gasteiger partial charge in [0.15, 0.2) is 0 Å². The maximum absolute atomic E-state index is 9.82. The van der Waals surface area contributed by atoms with E-state index in [1.54, 1.807) is 10.7 Å². The normalized spacial score (nSPS) is 10.5. The lowest BCUT2D eigenvalue weighted by Gasteiger charge is -2.02. The molecule has 0 aliphatic rings. The van der Waals surface area contributed by atoms with Crippen molar-refractivity contribution in [2.24, 2.45) is 0 Å². The standard InChI is InChI=1S/C15H12N2O2/c18-12-6-7-13(15(19)10-12)14-8-9-17(16-14)11-4-2-1-3-5-11/h1-10,18-19H. The van der Waals surface area contributed by atoms with E-state index >= 15 is 0 Å². The number of aromatic nitrogens is 2. The minimum atomic E-state index is 0.0123. The highest BCUT2D eigenvalue weighted by molar-refractivity contribution is 5.67.